The standard InChI is InChI=1S/C16H21N3O3/c1-22-14-10-6-9-13(11-14)17-15(20)16(21)19-18-12-7-4-2-3-5-8-12/h6,9-11H,2-5,7-8H2,1H3,(H,17,20)(H,19,21). The molecule has 1 aliphatic carbocycles. The minimum absolute atomic E-state index is 0.501. The van der Waals surface area contributed by atoms with E-state index in [1.807, 2.05) is 0 Å². The number of benzene rings is 1. The van der Waals surface area contributed by atoms with Crippen molar-refractivity contribution in [3.63, 3.8) is 0 Å². The smallest absolute Gasteiger partial charge is 0.329 e. The first-order chi connectivity index (χ1) is 10.7. The minimum atomic E-state index is -0.764. The van der Waals surface area contributed by atoms with Gasteiger partial charge < -0.3 is 10.1 Å². The SMILES string of the molecule is COc1cccc(NC(=O)C(=O)NN=C2CCCCCC2)c1. The quantitative estimate of drug-likeness (QED) is 0.511. The molecule has 118 valence electrons. The molecule has 0 aromatic heterocycles. The summed E-state index contributed by atoms with van der Waals surface area (Å²) in [6, 6.07) is 6.82. The van der Waals surface area contributed by atoms with Crippen molar-refractivity contribution in [3.8, 4) is 5.75 Å². The molecule has 0 atom stereocenters. The summed E-state index contributed by atoms with van der Waals surface area (Å²) in [5, 5.41) is 6.59. The molecule has 6 heteroatoms. The van der Waals surface area contributed by atoms with Gasteiger partial charge in [-0.3, -0.25) is 9.59 Å². The number of rotatable bonds is 3. The van der Waals surface area contributed by atoms with Gasteiger partial charge in [0.15, 0.2) is 0 Å². The molecular formula is C16H21N3O3. The predicted molar refractivity (Wildman–Crippen MR) is 84.9 cm³/mol. The van der Waals surface area contributed by atoms with Crippen molar-refractivity contribution in [1.82, 2.24) is 5.43 Å². The number of carbonyl (C=O) groups excluding carboxylic acids is 2. The summed E-state index contributed by atoms with van der Waals surface area (Å²) >= 11 is 0. The van der Waals surface area contributed by atoms with E-state index in [2.05, 4.69) is 15.8 Å². The molecule has 1 aromatic carbocycles. The largest absolute Gasteiger partial charge is 0.497 e. The fourth-order valence-electron chi connectivity index (χ4n) is 2.32. The maximum Gasteiger partial charge on any atom is 0.329 e. The monoisotopic (exact) mass is 303 g/mol. The normalized spacial score (nSPS) is 14.7. The molecule has 22 heavy (non-hydrogen) atoms. The van der Waals surface area contributed by atoms with Crippen molar-refractivity contribution >= 4 is 23.2 Å². The Balaban J connectivity index is 1.88. The zero-order chi connectivity index (χ0) is 15.8. The van der Waals surface area contributed by atoms with Gasteiger partial charge in [-0.25, -0.2) is 5.43 Å². The van der Waals surface area contributed by atoms with Crippen molar-refractivity contribution in [2.24, 2.45) is 5.10 Å². The maximum absolute atomic E-state index is 11.8. The molecule has 2 N–H and O–H groups in total. The van der Waals surface area contributed by atoms with E-state index in [1.165, 1.54) is 20.0 Å². The summed E-state index contributed by atoms with van der Waals surface area (Å²) in [6.07, 6.45) is 6.34. The lowest BCUT2D eigenvalue weighted by Crippen LogP contribution is -2.33. The van der Waals surface area contributed by atoms with Crippen LogP contribution < -0.4 is 15.5 Å². The third kappa shape index (κ3) is 4.87. The summed E-state index contributed by atoms with van der Waals surface area (Å²) in [5.74, 6) is -0.900. The van der Waals surface area contributed by atoms with Crippen LogP contribution >= 0.6 is 0 Å². The van der Waals surface area contributed by atoms with E-state index < -0.39 is 11.8 Å². The van der Waals surface area contributed by atoms with Crippen molar-refractivity contribution in [1.29, 1.82) is 0 Å². The first kappa shape index (κ1) is 16.0. The topological polar surface area (TPSA) is 79.8 Å². The lowest BCUT2D eigenvalue weighted by Gasteiger charge is -2.06. The Labute approximate surface area is 129 Å². The summed E-state index contributed by atoms with van der Waals surface area (Å²) < 4.78 is 5.06. The second kappa shape index (κ2) is 8.17. The van der Waals surface area contributed by atoms with Gasteiger partial charge in [0.2, 0.25) is 0 Å². The van der Waals surface area contributed by atoms with Gasteiger partial charge in [0.1, 0.15) is 5.75 Å². The molecule has 0 bridgehead atoms. The van der Waals surface area contributed by atoms with E-state index in [9.17, 15) is 9.59 Å². The number of hydrogen-bond acceptors (Lipinski definition) is 4. The zero-order valence-electron chi connectivity index (χ0n) is 12.7. The highest BCUT2D eigenvalue weighted by Gasteiger charge is 2.14. The molecule has 1 saturated carbocycles. The van der Waals surface area contributed by atoms with Gasteiger partial charge in [-0.05, 0) is 37.8 Å². The van der Waals surface area contributed by atoms with Gasteiger partial charge in [0.05, 0.1) is 7.11 Å². The molecule has 0 spiro atoms. The molecule has 0 heterocycles. The van der Waals surface area contributed by atoms with E-state index in [0.29, 0.717) is 11.4 Å². The summed E-state index contributed by atoms with van der Waals surface area (Å²) in [5.41, 5.74) is 3.79. The van der Waals surface area contributed by atoms with Gasteiger partial charge in [-0.1, -0.05) is 18.9 Å². The van der Waals surface area contributed by atoms with E-state index >= 15 is 0 Å². The predicted octanol–water partition coefficient (Wildman–Crippen LogP) is 2.46. The van der Waals surface area contributed by atoms with Crippen LogP contribution in [0.5, 0.6) is 5.75 Å². The Morgan fingerprint density at radius 1 is 1.09 bits per heavy atom. The Morgan fingerprint density at radius 2 is 1.82 bits per heavy atom. The highest BCUT2D eigenvalue weighted by Crippen LogP contribution is 2.16. The average Bonchev–Trinajstić information content (AvgIpc) is 2.81. The molecule has 6 nitrogen and oxygen atoms in total. The van der Waals surface area contributed by atoms with Gasteiger partial charge >= 0.3 is 11.8 Å². The Morgan fingerprint density at radius 3 is 2.50 bits per heavy atom. The van der Waals surface area contributed by atoms with Crippen molar-refractivity contribution < 1.29 is 14.3 Å². The van der Waals surface area contributed by atoms with E-state index in [1.54, 1.807) is 24.3 Å². The minimum Gasteiger partial charge on any atom is -0.497 e. The van der Waals surface area contributed by atoms with Crippen LogP contribution in [0.25, 0.3) is 0 Å². The van der Waals surface area contributed by atoms with Gasteiger partial charge in [0, 0.05) is 17.5 Å². The highest BCUT2D eigenvalue weighted by molar-refractivity contribution is 6.39. The Hall–Kier alpha value is -2.37. The van der Waals surface area contributed by atoms with Crippen molar-refractivity contribution in [2.75, 3.05) is 12.4 Å². The summed E-state index contributed by atoms with van der Waals surface area (Å²) in [7, 11) is 1.54. The van der Waals surface area contributed by atoms with Crippen LogP contribution in [0.4, 0.5) is 5.69 Å². The van der Waals surface area contributed by atoms with Gasteiger partial charge in [-0.2, -0.15) is 5.10 Å². The van der Waals surface area contributed by atoms with Gasteiger partial charge in [-0.15, -0.1) is 0 Å². The number of methoxy groups -OCH3 is 1. The number of carbonyl (C=O) groups is 2. The molecular weight excluding hydrogens is 282 g/mol. The third-order valence-electron chi connectivity index (χ3n) is 3.53. The molecule has 1 fully saturated rings. The molecule has 0 aliphatic heterocycles. The number of ether oxygens (including phenoxy) is 1. The molecule has 1 aliphatic rings. The first-order valence-corrected chi connectivity index (χ1v) is 7.50. The third-order valence-corrected chi connectivity index (χ3v) is 3.53. The van der Waals surface area contributed by atoms with Crippen molar-refractivity contribution in [3.05, 3.63) is 24.3 Å². The second-order valence-electron chi connectivity index (χ2n) is 5.22. The van der Waals surface area contributed by atoms with E-state index in [0.717, 1.165) is 31.4 Å². The molecule has 0 unspecified atom stereocenters. The van der Waals surface area contributed by atoms with E-state index in [4.69, 9.17) is 4.74 Å². The number of hydrogen-bond donors (Lipinski definition) is 2. The number of nitrogens with one attached hydrogen (secondary N) is 2. The number of nitrogens with zero attached hydrogens (tertiary/aromatic N) is 1. The molecule has 0 saturated heterocycles. The first-order valence-electron chi connectivity index (χ1n) is 7.50. The lowest BCUT2D eigenvalue weighted by molar-refractivity contribution is -0.136. The number of hydrazone groups is 1. The molecule has 1 aromatic rings. The van der Waals surface area contributed by atoms with Crippen LogP contribution in [0.3, 0.4) is 0 Å². The highest BCUT2D eigenvalue weighted by atomic mass is 16.5. The zero-order valence-corrected chi connectivity index (χ0v) is 12.7. The van der Waals surface area contributed by atoms with Crippen molar-refractivity contribution in [2.45, 2.75) is 38.5 Å². The van der Waals surface area contributed by atoms with Gasteiger partial charge in [0.25, 0.3) is 0 Å². The fourth-order valence-corrected chi connectivity index (χ4v) is 2.32. The number of anilines is 1. The van der Waals surface area contributed by atoms with Crippen LogP contribution in [-0.2, 0) is 9.59 Å². The Bertz CT molecular complexity index is 560. The van der Waals surface area contributed by atoms with Crippen LogP contribution in [0.1, 0.15) is 38.5 Å². The van der Waals surface area contributed by atoms with Crippen LogP contribution in [0.2, 0.25) is 0 Å². The number of amides is 2. The molecule has 0 radical (unpaired) electrons. The van der Waals surface area contributed by atoms with Crippen LogP contribution in [0.15, 0.2) is 29.4 Å². The fraction of sp³-hybridized carbons (Fsp3) is 0.438. The maximum atomic E-state index is 11.8. The molecule has 2 rings (SSSR count). The molecule has 2 amide bonds. The average molecular weight is 303 g/mol. The Kier molecular flexibility index (Phi) is 5.94. The summed E-state index contributed by atoms with van der Waals surface area (Å²) in [6.45, 7) is 0. The summed E-state index contributed by atoms with van der Waals surface area (Å²) in [4.78, 5) is 23.6. The van der Waals surface area contributed by atoms with E-state index in [-0.39, 0.29) is 0 Å². The van der Waals surface area contributed by atoms with Crippen LogP contribution in [-0.4, -0.2) is 24.6 Å². The van der Waals surface area contributed by atoms with Crippen LogP contribution in [0, 0.1) is 0 Å². The lowest BCUT2D eigenvalue weighted by atomic mass is 10.2. The second-order valence-corrected chi connectivity index (χ2v) is 5.22.